The van der Waals surface area contributed by atoms with E-state index in [4.69, 9.17) is 4.84 Å². The predicted octanol–water partition coefficient (Wildman–Crippen LogP) is 6.48. The van der Waals surface area contributed by atoms with Gasteiger partial charge in [-0.3, -0.25) is 4.84 Å². The van der Waals surface area contributed by atoms with Gasteiger partial charge in [0.25, 0.3) is 0 Å². The summed E-state index contributed by atoms with van der Waals surface area (Å²) >= 11 is 1.54. The molecule has 0 aliphatic rings. The average molecular weight is 398 g/mol. The van der Waals surface area contributed by atoms with Gasteiger partial charge in [0.15, 0.2) is 0 Å². The summed E-state index contributed by atoms with van der Waals surface area (Å²) in [6.07, 6.45) is -0.576. The number of oxime groups is 1. The van der Waals surface area contributed by atoms with E-state index in [0.717, 1.165) is 10.4 Å². The van der Waals surface area contributed by atoms with Crippen molar-refractivity contribution in [3.8, 4) is 0 Å². The monoisotopic (exact) mass is 398 g/mol. The lowest BCUT2D eigenvalue weighted by atomic mass is 10.1. The third-order valence-corrected chi connectivity index (χ3v) is 5.10. The van der Waals surface area contributed by atoms with Crippen LogP contribution in [0.15, 0.2) is 114 Å². The molecule has 0 saturated carbocycles. The third-order valence-electron chi connectivity index (χ3n) is 4.23. The predicted molar refractivity (Wildman–Crippen MR) is 118 cm³/mol. The number of hydrogen-bond donors (Lipinski definition) is 0. The first-order valence-electron chi connectivity index (χ1n) is 9.11. The summed E-state index contributed by atoms with van der Waals surface area (Å²) in [6.45, 7) is 0. The molecular formula is C24H18N2O2S. The van der Waals surface area contributed by atoms with E-state index in [9.17, 15) is 4.79 Å². The maximum atomic E-state index is 13.0. The van der Waals surface area contributed by atoms with Crippen molar-refractivity contribution in [2.24, 2.45) is 5.16 Å². The number of rotatable bonds is 5. The second-order valence-corrected chi connectivity index (χ2v) is 7.09. The van der Waals surface area contributed by atoms with Crippen LogP contribution >= 0.6 is 11.3 Å². The number of thiophene rings is 1. The molecule has 0 bridgehead atoms. The Labute approximate surface area is 173 Å². The molecule has 3 aromatic carbocycles. The van der Waals surface area contributed by atoms with Gasteiger partial charge in [-0.15, -0.1) is 11.3 Å². The van der Waals surface area contributed by atoms with E-state index >= 15 is 0 Å². The first-order valence-corrected chi connectivity index (χ1v) is 9.99. The van der Waals surface area contributed by atoms with Crippen LogP contribution in [0.5, 0.6) is 0 Å². The van der Waals surface area contributed by atoms with Gasteiger partial charge in [-0.1, -0.05) is 78.0 Å². The standard InChI is InChI=1S/C24H18N2O2S/c27-24(26(20-13-6-2-7-14-20)21-15-8-3-9-16-21)28-25-23(22-17-10-18-29-22)19-11-4-1-5-12-19/h1-18H/b25-23-. The van der Waals surface area contributed by atoms with Gasteiger partial charge < -0.3 is 0 Å². The fraction of sp³-hybridized carbons (Fsp3) is 0. The number of anilines is 2. The lowest BCUT2D eigenvalue weighted by Gasteiger charge is -2.20. The topological polar surface area (TPSA) is 41.9 Å². The van der Waals surface area contributed by atoms with Gasteiger partial charge in [-0.25, -0.2) is 9.69 Å². The molecule has 29 heavy (non-hydrogen) atoms. The zero-order valence-corrected chi connectivity index (χ0v) is 16.3. The summed E-state index contributed by atoms with van der Waals surface area (Å²) in [7, 11) is 0. The van der Waals surface area contributed by atoms with Crippen LogP contribution in [0.2, 0.25) is 0 Å². The van der Waals surface area contributed by atoms with Gasteiger partial charge in [-0.05, 0) is 35.7 Å². The van der Waals surface area contributed by atoms with Crippen molar-refractivity contribution in [1.29, 1.82) is 0 Å². The highest BCUT2D eigenvalue weighted by molar-refractivity contribution is 7.12. The van der Waals surface area contributed by atoms with Crippen molar-refractivity contribution < 1.29 is 9.63 Å². The van der Waals surface area contributed by atoms with Crippen LogP contribution in [0, 0.1) is 0 Å². The summed E-state index contributed by atoms with van der Waals surface area (Å²) < 4.78 is 0. The van der Waals surface area contributed by atoms with E-state index in [0.29, 0.717) is 17.1 Å². The summed E-state index contributed by atoms with van der Waals surface area (Å²) in [5, 5.41) is 6.21. The van der Waals surface area contributed by atoms with Crippen LogP contribution in [0.1, 0.15) is 10.4 Å². The molecule has 0 radical (unpaired) electrons. The first-order chi connectivity index (χ1) is 14.3. The highest BCUT2D eigenvalue weighted by atomic mass is 32.1. The van der Waals surface area contributed by atoms with Gasteiger partial charge in [0.2, 0.25) is 0 Å². The Kier molecular flexibility index (Phi) is 5.78. The van der Waals surface area contributed by atoms with Crippen LogP contribution in [0.25, 0.3) is 0 Å². The van der Waals surface area contributed by atoms with E-state index < -0.39 is 6.09 Å². The highest BCUT2D eigenvalue weighted by Gasteiger charge is 2.20. The molecule has 142 valence electrons. The van der Waals surface area contributed by atoms with E-state index in [1.165, 1.54) is 4.90 Å². The van der Waals surface area contributed by atoms with E-state index in [1.807, 2.05) is 109 Å². The smallest absolute Gasteiger partial charge is 0.297 e. The Morgan fingerprint density at radius 1 is 0.724 bits per heavy atom. The van der Waals surface area contributed by atoms with Crippen molar-refractivity contribution in [1.82, 2.24) is 0 Å². The van der Waals surface area contributed by atoms with Gasteiger partial charge in [0.1, 0.15) is 5.71 Å². The van der Waals surface area contributed by atoms with Crippen LogP contribution < -0.4 is 4.90 Å². The molecule has 0 saturated heterocycles. The Balaban J connectivity index is 1.68. The molecule has 0 aliphatic heterocycles. The molecule has 5 heteroatoms. The van der Waals surface area contributed by atoms with Crippen molar-refractivity contribution in [3.63, 3.8) is 0 Å². The Morgan fingerprint density at radius 3 is 1.79 bits per heavy atom. The number of para-hydroxylation sites is 2. The lowest BCUT2D eigenvalue weighted by molar-refractivity contribution is 0.161. The molecule has 0 spiro atoms. The number of hydrogen-bond acceptors (Lipinski definition) is 4. The summed E-state index contributed by atoms with van der Waals surface area (Å²) in [6, 6.07) is 32.3. The summed E-state index contributed by atoms with van der Waals surface area (Å²) in [4.78, 5) is 20.9. The van der Waals surface area contributed by atoms with Crippen molar-refractivity contribution in [2.45, 2.75) is 0 Å². The molecule has 4 nitrogen and oxygen atoms in total. The molecule has 4 rings (SSSR count). The molecular weight excluding hydrogens is 380 g/mol. The quantitative estimate of drug-likeness (QED) is 0.219. The first kappa shape index (κ1) is 18.7. The van der Waals surface area contributed by atoms with Gasteiger partial charge in [-0.2, -0.15) is 0 Å². The molecule has 0 atom stereocenters. The molecule has 4 aromatic rings. The van der Waals surface area contributed by atoms with E-state index in [2.05, 4.69) is 5.16 Å². The number of carbonyl (C=O) groups is 1. The number of nitrogens with zero attached hydrogens (tertiary/aromatic N) is 2. The zero-order valence-electron chi connectivity index (χ0n) is 15.5. The Bertz CT molecular complexity index is 1040. The minimum atomic E-state index is -0.576. The maximum absolute atomic E-state index is 13.0. The molecule has 0 N–H and O–H groups in total. The zero-order chi connectivity index (χ0) is 19.9. The van der Waals surface area contributed by atoms with Crippen LogP contribution in [-0.2, 0) is 4.84 Å². The summed E-state index contributed by atoms with van der Waals surface area (Å²) in [5.41, 5.74) is 2.91. The lowest BCUT2D eigenvalue weighted by Crippen LogP contribution is -2.25. The molecule has 1 aromatic heterocycles. The van der Waals surface area contributed by atoms with Crippen LogP contribution in [0.4, 0.5) is 16.2 Å². The molecule has 0 fully saturated rings. The van der Waals surface area contributed by atoms with Crippen molar-refractivity contribution in [3.05, 3.63) is 119 Å². The number of carbonyl (C=O) groups excluding carboxylic acids is 1. The molecule has 0 unspecified atom stereocenters. The fourth-order valence-corrected chi connectivity index (χ4v) is 3.62. The second-order valence-electron chi connectivity index (χ2n) is 6.15. The number of amides is 1. The van der Waals surface area contributed by atoms with Gasteiger partial charge in [0.05, 0.1) is 16.3 Å². The maximum Gasteiger partial charge on any atom is 0.445 e. The van der Waals surface area contributed by atoms with Gasteiger partial charge in [0, 0.05) is 5.56 Å². The SMILES string of the molecule is O=C(O/N=C(/c1ccccc1)c1cccs1)N(c1ccccc1)c1ccccc1. The van der Waals surface area contributed by atoms with Crippen LogP contribution in [-0.4, -0.2) is 11.8 Å². The Hall–Kier alpha value is -3.70. The molecule has 1 heterocycles. The van der Waals surface area contributed by atoms with Gasteiger partial charge >= 0.3 is 6.09 Å². The van der Waals surface area contributed by atoms with E-state index in [-0.39, 0.29) is 0 Å². The minimum absolute atomic E-state index is 0.576. The molecule has 0 aliphatic carbocycles. The highest BCUT2D eigenvalue weighted by Crippen LogP contribution is 2.26. The second kappa shape index (κ2) is 8.99. The normalized spacial score (nSPS) is 11.1. The van der Waals surface area contributed by atoms with Crippen molar-refractivity contribution >= 4 is 34.5 Å². The third kappa shape index (κ3) is 4.42. The summed E-state index contributed by atoms with van der Waals surface area (Å²) in [5.74, 6) is 0. The van der Waals surface area contributed by atoms with Crippen molar-refractivity contribution in [2.75, 3.05) is 4.90 Å². The fourth-order valence-electron chi connectivity index (χ4n) is 2.89. The number of benzene rings is 3. The Morgan fingerprint density at radius 2 is 1.28 bits per heavy atom. The average Bonchev–Trinajstić information content (AvgIpc) is 3.31. The minimum Gasteiger partial charge on any atom is -0.297 e. The van der Waals surface area contributed by atoms with Crippen LogP contribution in [0.3, 0.4) is 0 Å². The largest absolute Gasteiger partial charge is 0.445 e. The molecule has 1 amide bonds. The van der Waals surface area contributed by atoms with E-state index in [1.54, 1.807) is 11.3 Å².